The summed E-state index contributed by atoms with van der Waals surface area (Å²) in [5, 5.41) is 4.96. The molecule has 36 heavy (non-hydrogen) atoms. The minimum Gasteiger partial charge on any atom is -0.496 e. The van der Waals surface area contributed by atoms with Crippen molar-refractivity contribution in [1.82, 2.24) is 19.6 Å². The van der Waals surface area contributed by atoms with Crippen LogP contribution in [0.15, 0.2) is 48.5 Å². The smallest absolute Gasteiger partial charge is 0.137 e. The maximum absolute atomic E-state index is 13.7. The largest absolute Gasteiger partial charge is 0.496 e. The summed E-state index contributed by atoms with van der Waals surface area (Å²) in [6, 6.07) is 14.7. The number of hydrogen-bond acceptors (Lipinski definition) is 6. The second-order valence-corrected chi connectivity index (χ2v) is 9.21. The summed E-state index contributed by atoms with van der Waals surface area (Å²) in [5.41, 5.74) is 4.18. The highest BCUT2D eigenvalue weighted by molar-refractivity contribution is 5.56. The number of aromatic nitrogens is 2. The van der Waals surface area contributed by atoms with Crippen molar-refractivity contribution in [1.29, 1.82) is 0 Å². The molecule has 0 N–H and O–H groups in total. The summed E-state index contributed by atoms with van der Waals surface area (Å²) in [4.78, 5) is 7.28. The zero-order valence-electron chi connectivity index (χ0n) is 21.9. The first-order chi connectivity index (χ1) is 17.5. The number of likely N-dealkylation sites (N-methyl/N-ethyl adjacent to an activating group) is 1. The first-order valence-electron chi connectivity index (χ1n) is 12.7. The lowest BCUT2D eigenvalue weighted by Gasteiger charge is -2.36. The summed E-state index contributed by atoms with van der Waals surface area (Å²) in [6.45, 7) is 12.1. The van der Waals surface area contributed by atoms with Crippen molar-refractivity contribution in [2.24, 2.45) is 0 Å². The van der Waals surface area contributed by atoms with Gasteiger partial charge in [-0.05, 0) is 43.8 Å². The Morgan fingerprint density at radius 3 is 2.36 bits per heavy atom. The maximum Gasteiger partial charge on any atom is 0.137 e. The quantitative estimate of drug-likeness (QED) is 0.399. The van der Waals surface area contributed by atoms with Crippen molar-refractivity contribution >= 4 is 5.82 Å². The van der Waals surface area contributed by atoms with Gasteiger partial charge in [-0.15, -0.1) is 0 Å². The summed E-state index contributed by atoms with van der Waals surface area (Å²) < 4.78 is 26.8. The molecule has 0 spiro atoms. The zero-order valence-corrected chi connectivity index (χ0v) is 21.9. The molecule has 7 nitrogen and oxygen atoms in total. The first kappa shape index (κ1) is 26.1. The Hall–Kier alpha value is -2.94. The van der Waals surface area contributed by atoms with Crippen LogP contribution in [0.1, 0.15) is 23.7 Å². The van der Waals surface area contributed by atoms with Crippen molar-refractivity contribution in [3.05, 3.63) is 71.2 Å². The van der Waals surface area contributed by atoms with Crippen LogP contribution in [0.5, 0.6) is 5.75 Å². The van der Waals surface area contributed by atoms with Gasteiger partial charge in [0.15, 0.2) is 0 Å². The van der Waals surface area contributed by atoms with Gasteiger partial charge in [0.1, 0.15) is 17.4 Å². The van der Waals surface area contributed by atoms with Crippen LogP contribution in [0.4, 0.5) is 10.2 Å². The number of ether oxygens (including phenoxy) is 2. The highest BCUT2D eigenvalue weighted by atomic mass is 19.1. The van der Waals surface area contributed by atoms with E-state index in [1.165, 1.54) is 17.7 Å². The minimum atomic E-state index is -0.247. The van der Waals surface area contributed by atoms with Gasteiger partial charge in [0.05, 0.1) is 25.1 Å². The van der Waals surface area contributed by atoms with Crippen LogP contribution < -0.4 is 9.64 Å². The second kappa shape index (κ2) is 12.3. The second-order valence-electron chi connectivity index (χ2n) is 9.21. The average molecular weight is 496 g/mol. The van der Waals surface area contributed by atoms with Crippen molar-refractivity contribution < 1.29 is 13.9 Å². The number of benzene rings is 2. The maximum atomic E-state index is 13.7. The SMILES string of the molecule is CCN1CCN(c2c(CN(CCOC)Cc3ccccc3OC)c(C)nn2-c2ccc(F)cc2)CC1. The third-order valence-corrected chi connectivity index (χ3v) is 6.93. The Morgan fingerprint density at radius 1 is 0.972 bits per heavy atom. The Labute approximate surface area is 214 Å². The lowest BCUT2D eigenvalue weighted by Crippen LogP contribution is -2.47. The van der Waals surface area contributed by atoms with E-state index in [0.29, 0.717) is 6.61 Å². The van der Waals surface area contributed by atoms with E-state index in [4.69, 9.17) is 14.6 Å². The highest BCUT2D eigenvalue weighted by Gasteiger charge is 2.26. The molecular formula is C28H38FN5O2. The molecule has 1 aromatic heterocycles. The highest BCUT2D eigenvalue weighted by Crippen LogP contribution is 2.31. The van der Waals surface area contributed by atoms with E-state index in [9.17, 15) is 4.39 Å². The fraction of sp³-hybridized carbons (Fsp3) is 0.464. The molecule has 1 saturated heterocycles. The van der Waals surface area contributed by atoms with E-state index in [1.807, 2.05) is 22.9 Å². The van der Waals surface area contributed by atoms with Crippen LogP contribution in [-0.4, -0.2) is 79.7 Å². The Morgan fingerprint density at radius 2 is 1.69 bits per heavy atom. The van der Waals surface area contributed by atoms with E-state index in [-0.39, 0.29) is 5.82 Å². The number of methoxy groups -OCH3 is 2. The summed E-state index contributed by atoms with van der Waals surface area (Å²) in [5.74, 6) is 1.73. The molecule has 194 valence electrons. The summed E-state index contributed by atoms with van der Waals surface area (Å²) in [7, 11) is 3.45. The third kappa shape index (κ3) is 6.06. The van der Waals surface area contributed by atoms with Gasteiger partial charge in [-0.3, -0.25) is 4.90 Å². The van der Waals surface area contributed by atoms with E-state index < -0.39 is 0 Å². The van der Waals surface area contributed by atoms with Crippen molar-refractivity contribution in [3.8, 4) is 11.4 Å². The monoisotopic (exact) mass is 495 g/mol. The fourth-order valence-corrected chi connectivity index (χ4v) is 4.83. The van der Waals surface area contributed by atoms with Gasteiger partial charge in [0.25, 0.3) is 0 Å². The van der Waals surface area contributed by atoms with Gasteiger partial charge in [-0.2, -0.15) is 5.10 Å². The van der Waals surface area contributed by atoms with Gasteiger partial charge in [0.2, 0.25) is 0 Å². The van der Waals surface area contributed by atoms with E-state index in [2.05, 4.69) is 34.6 Å². The molecule has 0 bridgehead atoms. The van der Waals surface area contributed by atoms with Crippen LogP contribution in [0.3, 0.4) is 0 Å². The van der Waals surface area contributed by atoms with Crippen LogP contribution in [0.2, 0.25) is 0 Å². The number of nitrogens with zero attached hydrogens (tertiary/aromatic N) is 5. The van der Waals surface area contributed by atoms with E-state index in [1.54, 1.807) is 26.4 Å². The van der Waals surface area contributed by atoms with Gasteiger partial charge in [-0.25, -0.2) is 9.07 Å². The number of anilines is 1. The first-order valence-corrected chi connectivity index (χ1v) is 12.7. The molecule has 8 heteroatoms. The number of aryl methyl sites for hydroxylation is 1. The van der Waals surface area contributed by atoms with E-state index >= 15 is 0 Å². The number of rotatable bonds is 11. The molecule has 0 unspecified atom stereocenters. The van der Waals surface area contributed by atoms with Crippen molar-refractivity contribution in [2.75, 3.05) is 65.0 Å². The molecule has 0 saturated carbocycles. The molecule has 1 aliphatic heterocycles. The molecular weight excluding hydrogens is 457 g/mol. The van der Waals surface area contributed by atoms with Gasteiger partial charge >= 0.3 is 0 Å². The molecule has 0 atom stereocenters. The van der Waals surface area contributed by atoms with Crippen LogP contribution in [0.25, 0.3) is 5.69 Å². The lowest BCUT2D eigenvalue weighted by molar-refractivity contribution is 0.139. The Kier molecular flexibility index (Phi) is 8.96. The normalized spacial score (nSPS) is 14.6. The standard InChI is InChI=1S/C28H38FN5O2/c1-5-31-14-16-33(17-15-31)28-26(22(2)30-34(28)25-12-10-24(29)11-13-25)21-32(18-19-35-3)20-23-8-6-7-9-27(23)36-4/h6-13H,5,14-21H2,1-4H3. The number of halogens is 1. The van der Waals surface area contributed by atoms with E-state index in [0.717, 1.165) is 80.9 Å². The lowest BCUT2D eigenvalue weighted by atomic mass is 10.1. The molecule has 2 heterocycles. The van der Waals surface area contributed by atoms with Gasteiger partial charge < -0.3 is 19.3 Å². The Balaban J connectivity index is 1.70. The van der Waals surface area contributed by atoms with Crippen LogP contribution >= 0.6 is 0 Å². The molecule has 0 aliphatic carbocycles. The minimum absolute atomic E-state index is 0.247. The molecule has 4 rings (SSSR count). The van der Waals surface area contributed by atoms with Crippen LogP contribution in [0, 0.1) is 12.7 Å². The molecule has 1 fully saturated rings. The van der Waals surface area contributed by atoms with Crippen molar-refractivity contribution in [2.45, 2.75) is 26.9 Å². The summed E-state index contributed by atoms with van der Waals surface area (Å²) >= 11 is 0. The van der Waals surface area contributed by atoms with Crippen molar-refractivity contribution in [3.63, 3.8) is 0 Å². The third-order valence-electron chi connectivity index (χ3n) is 6.93. The number of para-hydroxylation sites is 1. The Bertz CT molecular complexity index is 1110. The van der Waals surface area contributed by atoms with Gasteiger partial charge in [-0.1, -0.05) is 25.1 Å². The predicted octanol–water partition coefficient (Wildman–Crippen LogP) is 4.12. The zero-order chi connectivity index (χ0) is 25.5. The topological polar surface area (TPSA) is 46.0 Å². The van der Waals surface area contributed by atoms with Crippen LogP contribution in [-0.2, 0) is 17.8 Å². The molecule has 0 amide bonds. The number of hydrogen-bond donors (Lipinski definition) is 0. The molecule has 2 aromatic carbocycles. The molecule has 0 radical (unpaired) electrons. The van der Waals surface area contributed by atoms with Gasteiger partial charge in [0, 0.05) is 64.0 Å². The fourth-order valence-electron chi connectivity index (χ4n) is 4.83. The summed E-state index contributed by atoms with van der Waals surface area (Å²) in [6.07, 6.45) is 0. The number of piperazine rings is 1. The average Bonchev–Trinajstić information content (AvgIpc) is 3.23. The molecule has 3 aromatic rings. The molecule has 1 aliphatic rings. The predicted molar refractivity (Wildman–Crippen MR) is 142 cm³/mol.